The van der Waals surface area contributed by atoms with Gasteiger partial charge in [0.1, 0.15) is 5.82 Å². The second-order valence-corrected chi connectivity index (χ2v) is 5.71. The Balaban J connectivity index is 1.80. The first-order chi connectivity index (χ1) is 9.61. The zero-order valence-electron chi connectivity index (χ0n) is 11.6. The number of para-hydroxylation sites is 1. The van der Waals surface area contributed by atoms with E-state index in [1.807, 2.05) is 36.2 Å². The number of likely N-dealkylation sites (N-methyl/N-ethyl adjacent to an activating group) is 1. The lowest BCUT2D eigenvalue weighted by molar-refractivity contribution is 0.609. The van der Waals surface area contributed by atoms with Gasteiger partial charge in [0.15, 0.2) is 0 Å². The second-order valence-electron chi connectivity index (χ2n) is 5.71. The molecule has 0 saturated heterocycles. The monoisotopic (exact) mass is 270 g/mol. The summed E-state index contributed by atoms with van der Waals surface area (Å²) in [5, 5.41) is 0. The first-order valence-electron chi connectivity index (χ1n) is 6.92. The molecular formula is C17H19FN2. The molecule has 20 heavy (non-hydrogen) atoms. The number of anilines is 2. The van der Waals surface area contributed by atoms with Gasteiger partial charge in [0.05, 0.1) is 5.69 Å². The Morgan fingerprint density at radius 2 is 1.75 bits per heavy atom. The lowest BCUT2D eigenvalue weighted by Crippen LogP contribution is -2.29. The highest BCUT2D eigenvalue weighted by Crippen LogP contribution is 2.49. The molecule has 0 aliphatic heterocycles. The summed E-state index contributed by atoms with van der Waals surface area (Å²) in [7, 11) is 1.95. The van der Waals surface area contributed by atoms with E-state index in [4.69, 9.17) is 5.73 Å². The largest absolute Gasteiger partial charge is 0.399 e. The van der Waals surface area contributed by atoms with E-state index in [9.17, 15) is 4.39 Å². The van der Waals surface area contributed by atoms with Crippen LogP contribution >= 0.6 is 0 Å². The van der Waals surface area contributed by atoms with E-state index in [2.05, 4.69) is 12.1 Å². The van der Waals surface area contributed by atoms with Gasteiger partial charge in [-0.3, -0.25) is 0 Å². The molecule has 2 aromatic carbocycles. The minimum Gasteiger partial charge on any atom is -0.399 e. The van der Waals surface area contributed by atoms with Crippen molar-refractivity contribution in [1.82, 2.24) is 0 Å². The van der Waals surface area contributed by atoms with Crippen LogP contribution < -0.4 is 10.6 Å². The van der Waals surface area contributed by atoms with Crippen LogP contribution in [0.15, 0.2) is 48.5 Å². The molecule has 3 rings (SSSR count). The fraction of sp³-hybridized carbons (Fsp3) is 0.294. The number of nitrogens with zero attached hydrogens (tertiary/aromatic N) is 1. The number of nitrogens with two attached hydrogens (primary N) is 1. The predicted octanol–water partition coefficient (Wildman–Crippen LogP) is 3.58. The van der Waals surface area contributed by atoms with Crippen LogP contribution in [0.5, 0.6) is 0 Å². The molecule has 0 aromatic heterocycles. The molecule has 1 fully saturated rings. The second kappa shape index (κ2) is 4.82. The summed E-state index contributed by atoms with van der Waals surface area (Å²) >= 11 is 0. The van der Waals surface area contributed by atoms with E-state index in [0.29, 0.717) is 5.69 Å². The molecule has 2 aromatic rings. The molecule has 0 unspecified atom stereocenters. The molecule has 0 bridgehead atoms. The van der Waals surface area contributed by atoms with Crippen molar-refractivity contribution in [3.05, 3.63) is 59.9 Å². The Bertz CT molecular complexity index is 603. The van der Waals surface area contributed by atoms with Gasteiger partial charge in [0, 0.05) is 24.7 Å². The van der Waals surface area contributed by atoms with Gasteiger partial charge in [-0.05, 0) is 42.7 Å². The van der Waals surface area contributed by atoms with Crippen LogP contribution in [0.2, 0.25) is 0 Å². The Labute approximate surface area is 119 Å². The summed E-state index contributed by atoms with van der Waals surface area (Å²) < 4.78 is 13.8. The minimum atomic E-state index is -0.164. The highest BCUT2D eigenvalue weighted by atomic mass is 19.1. The van der Waals surface area contributed by atoms with Crippen molar-refractivity contribution in [3.8, 4) is 0 Å². The average molecular weight is 270 g/mol. The molecule has 1 saturated carbocycles. The lowest BCUT2D eigenvalue weighted by atomic mass is 9.95. The number of hydrogen-bond donors (Lipinski definition) is 1. The van der Waals surface area contributed by atoms with E-state index in [1.165, 1.54) is 11.6 Å². The van der Waals surface area contributed by atoms with Crippen LogP contribution in [0.1, 0.15) is 18.4 Å². The van der Waals surface area contributed by atoms with Crippen molar-refractivity contribution in [2.24, 2.45) is 0 Å². The van der Waals surface area contributed by atoms with Crippen molar-refractivity contribution in [1.29, 1.82) is 0 Å². The third kappa shape index (κ3) is 2.36. The van der Waals surface area contributed by atoms with E-state index < -0.39 is 0 Å². The van der Waals surface area contributed by atoms with Crippen molar-refractivity contribution in [3.63, 3.8) is 0 Å². The van der Waals surface area contributed by atoms with Crippen molar-refractivity contribution >= 4 is 11.4 Å². The maximum atomic E-state index is 13.8. The Kier molecular flexibility index (Phi) is 3.13. The molecule has 0 spiro atoms. The fourth-order valence-electron chi connectivity index (χ4n) is 2.83. The molecule has 104 valence electrons. The normalized spacial score (nSPS) is 15.9. The van der Waals surface area contributed by atoms with E-state index in [-0.39, 0.29) is 11.2 Å². The van der Waals surface area contributed by atoms with Crippen LogP contribution in [0, 0.1) is 5.82 Å². The maximum Gasteiger partial charge on any atom is 0.146 e. The summed E-state index contributed by atoms with van der Waals surface area (Å²) in [4.78, 5) is 2.01. The Hall–Kier alpha value is -2.03. The number of hydrogen-bond acceptors (Lipinski definition) is 2. The van der Waals surface area contributed by atoms with Gasteiger partial charge >= 0.3 is 0 Å². The van der Waals surface area contributed by atoms with Crippen molar-refractivity contribution in [2.75, 3.05) is 24.2 Å². The van der Waals surface area contributed by atoms with Crippen LogP contribution in [-0.2, 0) is 5.41 Å². The standard InChI is InChI=1S/C17H19FN2/c1-20(16-5-3-2-4-15(16)18)12-17(10-11-17)13-6-8-14(19)9-7-13/h2-9H,10-12,19H2,1H3. The van der Waals surface area contributed by atoms with Gasteiger partial charge in [-0.25, -0.2) is 4.39 Å². The Morgan fingerprint density at radius 3 is 2.35 bits per heavy atom. The third-order valence-electron chi connectivity index (χ3n) is 4.18. The van der Waals surface area contributed by atoms with Crippen LogP contribution in [0.25, 0.3) is 0 Å². The molecule has 2 N–H and O–H groups in total. The van der Waals surface area contributed by atoms with Gasteiger partial charge in [-0.2, -0.15) is 0 Å². The molecule has 1 aliphatic rings. The molecule has 0 heterocycles. The molecular weight excluding hydrogens is 251 g/mol. The van der Waals surface area contributed by atoms with Gasteiger partial charge in [-0.1, -0.05) is 24.3 Å². The maximum absolute atomic E-state index is 13.8. The van der Waals surface area contributed by atoms with Crippen molar-refractivity contribution < 1.29 is 4.39 Å². The number of nitrogen functional groups attached to an aromatic ring is 1. The number of benzene rings is 2. The van der Waals surface area contributed by atoms with Gasteiger partial charge in [0.25, 0.3) is 0 Å². The zero-order chi connectivity index (χ0) is 14.2. The molecule has 0 amide bonds. The number of rotatable bonds is 4. The van der Waals surface area contributed by atoms with Crippen molar-refractivity contribution in [2.45, 2.75) is 18.3 Å². The lowest BCUT2D eigenvalue weighted by Gasteiger charge is -2.26. The summed E-state index contributed by atoms with van der Waals surface area (Å²) in [6.45, 7) is 0.831. The predicted molar refractivity (Wildman–Crippen MR) is 81.4 cm³/mol. The zero-order valence-corrected chi connectivity index (χ0v) is 11.6. The highest BCUT2D eigenvalue weighted by molar-refractivity contribution is 5.50. The minimum absolute atomic E-state index is 0.157. The topological polar surface area (TPSA) is 29.3 Å². The summed E-state index contributed by atoms with van der Waals surface area (Å²) in [6.07, 6.45) is 2.30. The summed E-state index contributed by atoms with van der Waals surface area (Å²) in [6, 6.07) is 15.0. The highest BCUT2D eigenvalue weighted by Gasteiger charge is 2.45. The summed E-state index contributed by atoms with van der Waals surface area (Å²) in [5.74, 6) is -0.164. The number of halogens is 1. The molecule has 2 nitrogen and oxygen atoms in total. The Morgan fingerprint density at radius 1 is 1.10 bits per heavy atom. The van der Waals surface area contributed by atoms with Crippen LogP contribution in [-0.4, -0.2) is 13.6 Å². The van der Waals surface area contributed by atoms with E-state index >= 15 is 0 Å². The van der Waals surface area contributed by atoms with E-state index in [1.54, 1.807) is 6.07 Å². The van der Waals surface area contributed by atoms with Gasteiger partial charge in [-0.15, -0.1) is 0 Å². The van der Waals surface area contributed by atoms with E-state index in [0.717, 1.165) is 25.1 Å². The molecule has 0 radical (unpaired) electrons. The molecule has 3 heteroatoms. The molecule has 1 aliphatic carbocycles. The SMILES string of the molecule is CN(CC1(c2ccc(N)cc2)CC1)c1ccccc1F. The smallest absolute Gasteiger partial charge is 0.146 e. The first-order valence-corrected chi connectivity index (χ1v) is 6.92. The van der Waals surface area contributed by atoms with Gasteiger partial charge < -0.3 is 10.6 Å². The third-order valence-corrected chi connectivity index (χ3v) is 4.18. The van der Waals surface area contributed by atoms with Crippen LogP contribution in [0.3, 0.4) is 0 Å². The first kappa shape index (κ1) is 13.0. The van der Waals surface area contributed by atoms with Gasteiger partial charge in [0.2, 0.25) is 0 Å². The fourth-order valence-corrected chi connectivity index (χ4v) is 2.83. The summed E-state index contributed by atoms with van der Waals surface area (Å²) in [5.41, 5.74) is 8.65. The van der Waals surface area contributed by atoms with Crippen LogP contribution in [0.4, 0.5) is 15.8 Å². The average Bonchev–Trinajstić information content (AvgIpc) is 3.20. The molecule has 0 atom stereocenters. The quantitative estimate of drug-likeness (QED) is 0.860.